The van der Waals surface area contributed by atoms with E-state index in [1.807, 2.05) is 18.2 Å². The third-order valence-corrected chi connectivity index (χ3v) is 16.1. The molecule has 0 radical (unpaired) electrons. The van der Waals surface area contributed by atoms with Crippen molar-refractivity contribution in [1.29, 1.82) is 0 Å². The van der Waals surface area contributed by atoms with Crippen molar-refractivity contribution < 1.29 is 0 Å². The Morgan fingerprint density at radius 2 is 0.779 bits per heavy atom. The number of hydrogen-bond donors (Lipinski definition) is 0. The van der Waals surface area contributed by atoms with Crippen molar-refractivity contribution in [3.63, 3.8) is 0 Å². The molecule has 10 aromatic carbocycles. The van der Waals surface area contributed by atoms with Gasteiger partial charge in [-0.1, -0.05) is 177 Å². The lowest BCUT2D eigenvalue weighted by Gasteiger charge is -2.20. The van der Waals surface area contributed by atoms with E-state index in [2.05, 4.69) is 262 Å². The third kappa shape index (κ3) is 6.53. The Balaban J connectivity index is 1.04. The minimum absolute atomic E-state index is 0.00406. The molecule has 1 aliphatic carbocycles. The number of benzene rings is 10. The molecule has 15 aromatic rings. The highest BCUT2D eigenvalue weighted by atomic mass is 15.1. The Kier molecular flexibility index (Phi) is 9.54. The van der Waals surface area contributed by atoms with Gasteiger partial charge in [-0.3, -0.25) is 0 Å². The number of fused-ring (bicyclic) bond motifs is 14. The summed E-state index contributed by atoms with van der Waals surface area (Å²) in [6.45, 7) is 2.23. The van der Waals surface area contributed by atoms with E-state index in [1.54, 1.807) is 0 Å². The molecule has 2 unspecified atom stereocenters. The number of para-hydroxylation sites is 5. The van der Waals surface area contributed by atoms with E-state index < -0.39 is 0 Å². The van der Waals surface area contributed by atoms with E-state index in [9.17, 15) is 0 Å². The summed E-state index contributed by atoms with van der Waals surface area (Å²) in [6.07, 6.45) is 8.67. The Morgan fingerprint density at radius 3 is 1.38 bits per heavy atom. The fourth-order valence-electron chi connectivity index (χ4n) is 12.6. The fourth-order valence-corrected chi connectivity index (χ4v) is 12.6. The predicted molar refractivity (Wildman–Crippen MR) is 318 cm³/mol. The molecule has 0 amide bonds. The minimum Gasteiger partial charge on any atom is -0.309 e. The van der Waals surface area contributed by atoms with Gasteiger partial charge in [0, 0.05) is 82.9 Å². The highest BCUT2D eigenvalue weighted by Gasteiger charge is 2.27. The van der Waals surface area contributed by atoms with Crippen LogP contribution in [0.2, 0.25) is 0 Å². The van der Waals surface area contributed by atoms with Crippen LogP contribution in [-0.4, -0.2) is 33.2 Å². The van der Waals surface area contributed by atoms with Gasteiger partial charge in [-0.05, 0) is 90.8 Å². The van der Waals surface area contributed by atoms with Gasteiger partial charge < -0.3 is 18.3 Å². The normalized spacial score (nSPS) is 14.7. The molecule has 0 aliphatic heterocycles. The van der Waals surface area contributed by atoms with Crippen molar-refractivity contribution in [3.05, 3.63) is 261 Å². The van der Waals surface area contributed by atoms with Crippen LogP contribution in [0, 0.1) is 5.92 Å². The minimum atomic E-state index is 0.00406. The van der Waals surface area contributed by atoms with Crippen molar-refractivity contribution in [2.45, 2.75) is 12.8 Å². The van der Waals surface area contributed by atoms with E-state index in [1.165, 1.54) is 54.4 Å². The first-order chi connectivity index (χ1) is 38.1. The molecule has 0 saturated carbocycles. The Labute approximate surface area is 443 Å². The van der Waals surface area contributed by atoms with Gasteiger partial charge in [0.1, 0.15) is 5.82 Å². The maximum atomic E-state index is 5.36. The van der Waals surface area contributed by atoms with Crippen LogP contribution in [0.15, 0.2) is 255 Å². The molecule has 7 nitrogen and oxygen atoms in total. The number of aromatic nitrogens is 7. The van der Waals surface area contributed by atoms with Crippen molar-refractivity contribution in [2.75, 3.05) is 0 Å². The molecular weight excluding hydrogens is 939 g/mol. The summed E-state index contributed by atoms with van der Waals surface area (Å²) in [5, 5.41) is 9.53. The smallest absolute Gasteiger partial charge is 0.163 e. The van der Waals surface area contributed by atoms with Crippen LogP contribution in [0.4, 0.5) is 0 Å². The quantitative estimate of drug-likeness (QED) is 0.160. The highest BCUT2D eigenvalue weighted by molar-refractivity contribution is 6.28. The lowest BCUT2D eigenvalue weighted by atomic mass is 9.89. The van der Waals surface area contributed by atoms with Crippen molar-refractivity contribution in [2.24, 2.45) is 5.92 Å². The van der Waals surface area contributed by atoms with Gasteiger partial charge in [0.25, 0.3) is 0 Å². The number of allylic oxidation sites excluding steroid dienone is 4. The van der Waals surface area contributed by atoms with Gasteiger partial charge in [-0.25, -0.2) is 15.0 Å². The SMILES string of the molecule is CC1C=CC=CC1c1nc(-c2ccccc2)nc(-c2ccc3c4c(ccc5c6ccccc6n(-c6ccccc6)c54)n(-c4ccc5c(c4)c4c(ccc6c7ccccc7n(-c7ccccc7)c64)n5-c4ccccc4)c3c2)n1. The first-order valence-electron chi connectivity index (χ1n) is 26.5. The summed E-state index contributed by atoms with van der Waals surface area (Å²) in [6, 6.07) is 83.5. The zero-order valence-corrected chi connectivity index (χ0v) is 42.0. The lowest BCUT2D eigenvalue weighted by molar-refractivity contribution is 0.600. The van der Waals surface area contributed by atoms with E-state index in [-0.39, 0.29) is 11.8 Å². The van der Waals surface area contributed by atoms with E-state index >= 15 is 0 Å². The zero-order valence-electron chi connectivity index (χ0n) is 42.0. The van der Waals surface area contributed by atoms with Crippen molar-refractivity contribution >= 4 is 87.2 Å². The summed E-state index contributed by atoms with van der Waals surface area (Å²) < 4.78 is 9.84. The largest absolute Gasteiger partial charge is 0.309 e. The van der Waals surface area contributed by atoms with Gasteiger partial charge in [-0.2, -0.15) is 0 Å². The molecule has 1 aliphatic rings. The topological polar surface area (TPSA) is 58.4 Å². The molecule has 0 spiro atoms. The molecule has 0 bridgehead atoms. The molecule has 16 rings (SSSR count). The van der Waals surface area contributed by atoms with Crippen LogP contribution >= 0.6 is 0 Å². The van der Waals surface area contributed by atoms with Crippen LogP contribution in [0.25, 0.3) is 133 Å². The van der Waals surface area contributed by atoms with E-state index in [4.69, 9.17) is 15.0 Å². The number of nitrogens with zero attached hydrogens (tertiary/aromatic N) is 7. The molecule has 0 saturated heterocycles. The Morgan fingerprint density at radius 1 is 0.312 bits per heavy atom. The van der Waals surface area contributed by atoms with Crippen LogP contribution in [0.1, 0.15) is 18.7 Å². The van der Waals surface area contributed by atoms with Gasteiger partial charge in [0.15, 0.2) is 11.6 Å². The summed E-state index contributed by atoms with van der Waals surface area (Å²) in [7, 11) is 0. The van der Waals surface area contributed by atoms with Crippen LogP contribution in [0.3, 0.4) is 0 Å². The number of hydrogen-bond acceptors (Lipinski definition) is 3. The summed E-state index contributed by atoms with van der Waals surface area (Å²) in [4.78, 5) is 15.8. The van der Waals surface area contributed by atoms with Crippen LogP contribution < -0.4 is 0 Å². The Hall–Kier alpha value is -10.1. The monoisotopic (exact) mass is 985 g/mol. The standard InChI is InChI=1S/C70H47N7/c1-44-20-14-15-29-51(44)70-72-68(45-21-6-2-7-22-45)71-69(73-70)46-34-36-56-63(42-46)75(61-40-37-54-52-30-16-18-32-58(52)76(66(54)64(56)61)48-25-10-4-11-26-48)50-35-39-60-57(43-50)65-62(74(60)47-23-8-3-9-24-47)41-38-55-53-31-17-19-33-59(53)77(67(55)65)49-27-12-5-13-28-49/h2-44,51H,1H3. The van der Waals surface area contributed by atoms with E-state index in [0.29, 0.717) is 11.6 Å². The Bertz CT molecular complexity index is 4920. The predicted octanol–water partition coefficient (Wildman–Crippen LogP) is 17.4. The zero-order chi connectivity index (χ0) is 50.7. The van der Waals surface area contributed by atoms with Crippen LogP contribution in [0.5, 0.6) is 0 Å². The highest BCUT2D eigenvalue weighted by Crippen LogP contribution is 2.46. The van der Waals surface area contributed by atoms with Gasteiger partial charge in [0.05, 0.1) is 44.1 Å². The summed E-state index contributed by atoms with van der Waals surface area (Å²) in [5.41, 5.74) is 15.4. The first kappa shape index (κ1) is 43.3. The van der Waals surface area contributed by atoms with Gasteiger partial charge in [0.2, 0.25) is 0 Å². The van der Waals surface area contributed by atoms with Gasteiger partial charge in [-0.15, -0.1) is 0 Å². The fraction of sp³-hybridized carbons (Fsp3) is 0.0429. The molecule has 7 heteroatoms. The average Bonchev–Trinajstić information content (AvgIpc) is 4.43. The lowest BCUT2D eigenvalue weighted by Crippen LogP contribution is -2.13. The maximum absolute atomic E-state index is 5.36. The summed E-state index contributed by atoms with van der Waals surface area (Å²) in [5.74, 6) is 2.29. The molecule has 2 atom stereocenters. The molecule has 5 aromatic heterocycles. The first-order valence-corrected chi connectivity index (χ1v) is 26.5. The molecule has 0 fully saturated rings. The molecule has 5 heterocycles. The molecule has 0 N–H and O–H groups in total. The second-order valence-electron chi connectivity index (χ2n) is 20.4. The second-order valence-corrected chi connectivity index (χ2v) is 20.4. The van der Waals surface area contributed by atoms with Crippen molar-refractivity contribution in [1.82, 2.24) is 33.2 Å². The maximum Gasteiger partial charge on any atom is 0.163 e. The average molecular weight is 986 g/mol. The van der Waals surface area contributed by atoms with E-state index in [0.717, 1.165) is 72.5 Å². The molecular formula is C70H47N7. The third-order valence-electron chi connectivity index (χ3n) is 16.1. The summed E-state index contributed by atoms with van der Waals surface area (Å²) >= 11 is 0. The number of rotatable bonds is 7. The van der Waals surface area contributed by atoms with Crippen LogP contribution in [-0.2, 0) is 0 Å². The molecule has 362 valence electrons. The van der Waals surface area contributed by atoms with Gasteiger partial charge >= 0.3 is 0 Å². The second kappa shape index (κ2) is 17.0. The van der Waals surface area contributed by atoms with Crippen molar-refractivity contribution in [3.8, 4) is 45.5 Å². The molecule has 77 heavy (non-hydrogen) atoms.